The van der Waals surface area contributed by atoms with Crippen molar-refractivity contribution in [3.8, 4) is 0 Å². The van der Waals surface area contributed by atoms with Gasteiger partial charge in [0.05, 0.1) is 38.4 Å². The zero-order valence-electron chi connectivity index (χ0n) is 22.3. The summed E-state index contributed by atoms with van der Waals surface area (Å²) in [4.78, 5) is 65.6. The summed E-state index contributed by atoms with van der Waals surface area (Å²) in [5, 5.41) is 39.4. The number of methoxy groups -OCH3 is 1. The van der Waals surface area contributed by atoms with Crippen LogP contribution in [0.1, 0.15) is 42.4 Å². The summed E-state index contributed by atoms with van der Waals surface area (Å²) in [5.41, 5.74) is 0.643. The molecule has 1 aromatic heterocycles. The van der Waals surface area contributed by atoms with Gasteiger partial charge in [0.15, 0.2) is 6.04 Å². The maximum absolute atomic E-state index is 13.1. The molecule has 0 unspecified atom stereocenters. The van der Waals surface area contributed by atoms with Crippen LogP contribution in [0.15, 0.2) is 48.7 Å². The minimum Gasteiger partial charge on any atom is -0.467 e. The molecular formula is C26H35N5O9. The zero-order chi connectivity index (χ0) is 29.8. The SMILES string of the molecule is COC(=O)[C@@H](NC(=O)C[C@@H](NC(=O)[C@H](CO)NC(=O)[C@@H](NC(=O)c1ccc[nH]1)[C@H](C)O)c1ccccc1)[C@H](C)O. The van der Waals surface area contributed by atoms with E-state index in [1.165, 1.54) is 26.1 Å². The van der Waals surface area contributed by atoms with Gasteiger partial charge in [0.25, 0.3) is 5.91 Å². The molecule has 2 aromatic rings. The molecule has 14 nitrogen and oxygen atoms in total. The summed E-state index contributed by atoms with van der Waals surface area (Å²) in [6, 6.07) is 6.10. The number of hydrogen-bond donors (Lipinski definition) is 8. The average Bonchev–Trinajstić information content (AvgIpc) is 3.47. The van der Waals surface area contributed by atoms with Crippen molar-refractivity contribution in [2.75, 3.05) is 13.7 Å². The van der Waals surface area contributed by atoms with E-state index >= 15 is 0 Å². The van der Waals surface area contributed by atoms with Crippen LogP contribution in [0, 0.1) is 0 Å². The van der Waals surface area contributed by atoms with E-state index in [9.17, 15) is 39.3 Å². The van der Waals surface area contributed by atoms with Gasteiger partial charge in [-0.15, -0.1) is 0 Å². The quantitative estimate of drug-likeness (QED) is 0.123. The van der Waals surface area contributed by atoms with E-state index in [0.29, 0.717) is 5.56 Å². The standard InChI is InChI=1S/C26H35N5O9/c1-14(33)21(31-23(36)17-10-7-11-27-17)25(38)29-19(13-32)24(37)28-18(16-8-5-4-6-9-16)12-20(35)30-22(15(2)34)26(39)40-3/h4-11,14-15,18-19,21-22,27,32-34H,12-13H2,1-3H3,(H,28,37)(H,29,38)(H,30,35)(H,31,36)/t14-,15-,18+,19-,21-,22-/m0/s1. The van der Waals surface area contributed by atoms with Gasteiger partial charge in [0, 0.05) is 6.20 Å². The summed E-state index contributed by atoms with van der Waals surface area (Å²) in [6.45, 7) is 1.73. The first-order chi connectivity index (χ1) is 19.0. The molecule has 0 radical (unpaired) electrons. The summed E-state index contributed by atoms with van der Waals surface area (Å²) in [5.74, 6) is -4.03. The lowest BCUT2D eigenvalue weighted by Gasteiger charge is -2.26. The molecule has 0 fully saturated rings. The molecule has 0 spiro atoms. The molecule has 0 saturated heterocycles. The predicted octanol–water partition coefficient (Wildman–Crippen LogP) is -1.74. The fraction of sp³-hybridized carbons (Fsp3) is 0.423. The van der Waals surface area contributed by atoms with Crippen molar-refractivity contribution in [3.63, 3.8) is 0 Å². The molecule has 0 bridgehead atoms. The summed E-state index contributed by atoms with van der Waals surface area (Å²) >= 11 is 0. The van der Waals surface area contributed by atoms with E-state index in [0.717, 1.165) is 7.11 Å². The molecule has 0 aliphatic carbocycles. The Labute approximate surface area is 230 Å². The van der Waals surface area contributed by atoms with E-state index in [1.807, 2.05) is 0 Å². The van der Waals surface area contributed by atoms with Gasteiger partial charge in [-0.25, -0.2) is 4.79 Å². The monoisotopic (exact) mass is 561 g/mol. The molecule has 1 aromatic carbocycles. The van der Waals surface area contributed by atoms with Crippen molar-refractivity contribution in [3.05, 3.63) is 59.9 Å². The number of carbonyl (C=O) groups excluding carboxylic acids is 5. The molecule has 218 valence electrons. The normalized spacial score (nSPS) is 15.3. The number of ether oxygens (including phenoxy) is 1. The van der Waals surface area contributed by atoms with Crippen LogP contribution in [0.5, 0.6) is 0 Å². The van der Waals surface area contributed by atoms with Crippen LogP contribution in [0.4, 0.5) is 0 Å². The molecule has 8 N–H and O–H groups in total. The van der Waals surface area contributed by atoms with Crippen LogP contribution < -0.4 is 21.3 Å². The van der Waals surface area contributed by atoms with Crippen molar-refractivity contribution < 1.29 is 44.0 Å². The Morgan fingerprint density at radius 2 is 1.50 bits per heavy atom. The Balaban J connectivity index is 2.15. The number of esters is 1. The summed E-state index contributed by atoms with van der Waals surface area (Å²) < 4.78 is 4.60. The molecule has 0 aliphatic heterocycles. The van der Waals surface area contributed by atoms with Crippen LogP contribution in [-0.2, 0) is 23.9 Å². The first-order valence-corrected chi connectivity index (χ1v) is 12.4. The third kappa shape index (κ3) is 9.18. The number of hydrogen-bond acceptors (Lipinski definition) is 9. The van der Waals surface area contributed by atoms with E-state index in [4.69, 9.17) is 0 Å². The van der Waals surface area contributed by atoms with E-state index in [1.54, 1.807) is 36.4 Å². The topological polar surface area (TPSA) is 219 Å². The molecule has 0 aliphatic rings. The third-order valence-corrected chi connectivity index (χ3v) is 5.87. The summed E-state index contributed by atoms with van der Waals surface area (Å²) in [7, 11) is 1.10. The Morgan fingerprint density at radius 3 is 2.02 bits per heavy atom. The Kier molecular flexibility index (Phi) is 12.3. The van der Waals surface area contributed by atoms with Gasteiger partial charge in [-0.2, -0.15) is 0 Å². The highest BCUT2D eigenvalue weighted by atomic mass is 16.5. The van der Waals surface area contributed by atoms with Crippen molar-refractivity contribution in [1.82, 2.24) is 26.3 Å². The molecule has 0 saturated carbocycles. The largest absolute Gasteiger partial charge is 0.467 e. The van der Waals surface area contributed by atoms with Gasteiger partial charge in [0.2, 0.25) is 17.7 Å². The Hall–Kier alpha value is -4.27. The number of aliphatic hydroxyl groups excluding tert-OH is 3. The molecule has 4 amide bonds. The van der Waals surface area contributed by atoms with Gasteiger partial charge in [0.1, 0.15) is 17.8 Å². The molecule has 6 atom stereocenters. The molecular weight excluding hydrogens is 526 g/mol. The number of amides is 4. The van der Waals surface area contributed by atoms with Crippen LogP contribution in [0.3, 0.4) is 0 Å². The van der Waals surface area contributed by atoms with Crippen molar-refractivity contribution >= 4 is 29.6 Å². The maximum Gasteiger partial charge on any atom is 0.331 e. The highest BCUT2D eigenvalue weighted by molar-refractivity contribution is 5.97. The highest BCUT2D eigenvalue weighted by Crippen LogP contribution is 2.17. The number of nitrogens with one attached hydrogen (secondary N) is 5. The number of aromatic nitrogens is 1. The average molecular weight is 562 g/mol. The molecule has 2 rings (SSSR count). The van der Waals surface area contributed by atoms with Crippen LogP contribution >= 0.6 is 0 Å². The van der Waals surface area contributed by atoms with Gasteiger partial charge in [-0.1, -0.05) is 30.3 Å². The number of aromatic amines is 1. The second kappa shape index (κ2) is 15.4. The third-order valence-electron chi connectivity index (χ3n) is 5.87. The second-order valence-corrected chi connectivity index (χ2v) is 9.00. The summed E-state index contributed by atoms with van der Waals surface area (Å²) in [6.07, 6.45) is -1.47. The van der Waals surface area contributed by atoms with Gasteiger partial charge >= 0.3 is 5.97 Å². The smallest absolute Gasteiger partial charge is 0.331 e. The lowest BCUT2D eigenvalue weighted by molar-refractivity contribution is -0.148. The van der Waals surface area contributed by atoms with Crippen molar-refractivity contribution in [2.24, 2.45) is 0 Å². The minimum atomic E-state index is -1.51. The fourth-order valence-electron chi connectivity index (χ4n) is 3.68. The highest BCUT2D eigenvalue weighted by Gasteiger charge is 2.32. The van der Waals surface area contributed by atoms with Crippen LogP contribution in [0.2, 0.25) is 0 Å². The lowest BCUT2D eigenvalue weighted by atomic mass is 10.0. The first kappa shape index (κ1) is 31.9. The van der Waals surface area contributed by atoms with E-state index < -0.39 is 72.6 Å². The van der Waals surface area contributed by atoms with Crippen molar-refractivity contribution in [2.45, 2.75) is 56.6 Å². The number of H-pyrrole nitrogens is 1. The van der Waals surface area contributed by atoms with Gasteiger partial charge in [-0.3, -0.25) is 19.2 Å². The fourth-order valence-corrected chi connectivity index (χ4v) is 3.68. The van der Waals surface area contributed by atoms with E-state index in [2.05, 4.69) is 31.0 Å². The number of carbonyl (C=O) groups is 5. The van der Waals surface area contributed by atoms with Crippen LogP contribution in [0.25, 0.3) is 0 Å². The predicted molar refractivity (Wildman–Crippen MR) is 140 cm³/mol. The molecule has 1 heterocycles. The Morgan fingerprint density at radius 1 is 0.850 bits per heavy atom. The number of rotatable bonds is 14. The first-order valence-electron chi connectivity index (χ1n) is 12.4. The number of benzene rings is 1. The maximum atomic E-state index is 13.1. The minimum absolute atomic E-state index is 0.143. The van der Waals surface area contributed by atoms with Gasteiger partial charge in [-0.05, 0) is 31.5 Å². The zero-order valence-corrected chi connectivity index (χ0v) is 22.3. The Bertz CT molecular complexity index is 1140. The van der Waals surface area contributed by atoms with E-state index in [-0.39, 0.29) is 12.1 Å². The van der Waals surface area contributed by atoms with Crippen molar-refractivity contribution in [1.29, 1.82) is 0 Å². The van der Waals surface area contributed by atoms with Gasteiger partial charge < -0.3 is 46.3 Å². The molecule has 40 heavy (non-hydrogen) atoms. The molecule has 14 heteroatoms. The second-order valence-electron chi connectivity index (χ2n) is 9.00. The lowest BCUT2D eigenvalue weighted by Crippen LogP contribution is -2.58. The van der Waals surface area contributed by atoms with Crippen LogP contribution in [-0.4, -0.2) is 94.0 Å². The number of aliphatic hydroxyl groups is 3.